The van der Waals surface area contributed by atoms with Crippen LogP contribution in [0.1, 0.15) is 10.8 Å². The molecule has 1 aromatic carbocycles. The zero-order chi connectivity index (χ0) is 15.4. The number of nitrogens with one attached hydrogen (secondary N) is 1. The second-order valence-corrected chi connectivity index (χ2v) is 6.02. The van der Waals surface area contributed by atoms with Crippen LogP contribution >= 0.6 is 22.9 Å². The quantitative estimate of drug-likeness (QED) is 0.777. The molecule has 0 spiro atoms. The number of aromatic nitrogens is 2. The number of nitrogens with zero attached hydrogens (tertiary/aromatic N) is 2. The van der Waals surface area contributed by atoms with Gasteiger partial charge < -0.3 is 9.84 Å². The van der Waals surface area contributed by atoms with E-state index in [0.717, 1.165) is 10.4 Å². The number of carbonyl (C=O) groups is 1. The lowest BCUT2D eigenvalue weighted by Gasteiger charge is -2.00. The standard InChI is InChI=1S/C15H12ClN3O2S/c16-11-4-1-3-10(7-11)15-18-14(21-19-15)9-17-13(20)8-12-5-2-6-22-12/h1-7H,8-9H2,(H,17,20). The number of hydrogen-bond donors (Lipinski definition) is 1. The van der Waals surface area contributed by atoms with Gasteiger partial charge in [0.1, 0.15) is 0 Å². The Kier molecular flexibility index (Phi) is 4.50. The highest BCUT2D eigenvalue weighted by molar-refractivity contribution is 7.10. The highest BCUT2D eigenvalue weighted by Crippen LogP contribution is 2.19. The fraction of sp³-hybridized carbons (Fsp3) is 0.133. The summed E-state index contributed by atoms with van der Waals surface area (Å²) >= 11 is 7.48. The van der Waals surface area contributed by atoms with Crippen LogP contribution in [0.3, 0.4) is 0 Å². The molecule has 0 bridgehead atoms. The van der Waals surface area contributed by atoms with Crippen molar-refractivity contribution in [1.29, 1.82) is 0 Å². The predicted octanol–water partition coefficient (Wildman–Crippen LogP) is 3.31. The van der Waals surface area contributed by atoms with E-state index in [9.17, 15) is 4.79 Å². The average Bonchev–Trinajstić information content (AvgIpc) is 3.16. The summed E-state index contributed by atoms with van der Waals surface area (Å²) in [5.41, 5.74) is 0.771. The molecular formula is C15H12ClN3O2S. The van der Waals surface area contributed by atoms with E-state index in [0.29, 0.717) is 23.2 Å². The fourth-order valence-electron chi connectivity index (χ4n) is 1.88. The van der Waals surface area contributed by atoms with E-state index in [1.54, 1.807) is 23.5 Å². The maximum absolute atomic E-state index is 11.8. The second kappa shape index (κ2) is 6.72. The zero-order valence-electron chi connectivity index (χ0n) is 11.5. The van der Waals surface area contributed by atoms with Gasteiger partial charge in [0.05, 0.1) is 13.0 Å². The van der Waals surface area contributed by atoms with Gasteiger partial charge in [0.2, 0.25) is 17.6 Å². The van der Waals surface area contributed by atoms with Gasteiger partial charge in [-0.25, -0.2) is 0 Å². The first kappa shape index (κ1) is 14.7. The van der Waals surface area contributed by atoms with E-state index in [4.69, 9.17) is 16.1 Å². The molecule has 0 aliphatic carbocycles. The minimum Gasteiger partial charge on any atom is -0.347 e. The molecule has 0 saturated heterocycles. The average molecular weight is 334 g/mol. The SMILES string of the molecule is O=C(Cc1cccs1)NCc1nc(-c2cccc(Cl)c2)no1. The first-order valence-electron chi connectivity index (χ1n) is 6.58. The van der Waals surface area contributed by atoms with Crippen LogP contribution in [0.2, 0.25) is 5.02 Å². The lowest BCUT2D eigenvalue weighted by atomic mass is 10.2. The third-order valence-corrected chi connectivity index (χ3v) is 4.01. The van der Waals surface area contributed by atoms with Crippen molar-refractivity contribution in [2.24, 2.45) is 0 Å². The first-order chi connectivity index (χ1) is 10.7. The van der Waals surface area contributed by atoms with Gasteiger partial charge in [-0.05, 0) is 23.6 Å². The van der Waals surface area contributed by atoms with E-state index in [2.05, 4.69) is 15.5 Å². The third kappa shape index (κ3) is 3.72. The minimum absolute atomic E-state index is 0.0787. The van der Waals surface area contributed by atoms with Gasteiger partial charge >= 0.3 is 0 Å². The smallest absolute Gasteiger partial charge is 0.246 e. The summed E-state index contributed by atoms with van der Waals surface area (Å²) in [5.74, 6) is 0.726. The van der Waals surface area contributed by atoms with Crippen LogP contribution in [-0.4, -0.2) is 16.0 Å². The minimum atomic E-state index is -0.0787. The lowest BCUT2D eigenvalue weighted by molar-refractivity contribution is -0.120. The van der Waals surface area contributed by atoms with E-state index in [-0.39, 0.29) is 12.5 Å². The lowest BCUT2D eigenvalue weighted by Crippen LogP contribution is -2.24. The molecule has 3 rings (SSSR count). The molecule has 2 aromatic heterocycles. The van der Waals surface area contributed by atoms with Crippen molar-refractivity contribution in [1.82, 2.24) is 15.5 Å². The summed E-state index contributed by atoms with van der Waals surface area (Å²) < 4.78 is 5.13. The van der Waals surface area contributed by atoms with Crippen LogP contribution in [0.5, 0.6) is 0 Å². The molecule has 1 N–H and O–H groups in total. The third-order valence-electron chi connectivity index (χ3n) is 2.90. The van der Waals surface area contributed by atoms with Crippen LogP contribution < -0.4 is 5.32 Å². The number of halogens is 1. The van der Waals surface area contributed by atoms with Crippen LogP contribution in [-0.2, 0) is 17.8 Å². The van der Waals surface area contributed by atoms with Crippen molar-refractivity contribution < 1.29 is 9.32 Å². The second-order valence-electron chi connectivity index (χ2n) is 4.55. The van der Waals surface area contributed by atoms with E-state index >= 15 is 0 Å². The summed E-state index contributed by atoms with van der Waals surface area (Å²) in [6, 6.07) is 11.0. The molecule has 112 valence electrons. The van der Waals surface area contributed by atoms with Crippen LogP contribution in [0.15, 0.2) is 46.3 Å². The van der Waals surface area contributed by atoms with Gasteiger partial charge in [-0.2, -0.15) is 4.98 Å². The summed E-state index contributed by atoms with van der Waals surface area (Å²) in [6.07, 6.45) is 0.354. The van der Waals surface area contributed by atoms with E-state index in [1.807, 2.05) is 29.6 Å². The van der Waals surface area contributed by atoms with Gasteiger partial charge in [0.15, 0.2) is 0 Å². The number of carbonyl (C=O) groups excluding carboxylic acids is 1. The van der Waals surface area contributed by atoms with Crippen molar-refractivity contribution in [3.8, 4) is 11.4 Å². The Balaban J connectivity index is 1.59. The number of amides is 1. The Morgan fingerprint density at radius 2 is 2.23 bits per heavy atom. The normalized spacial score (nSPS) is 10.6. The van der Waals surface area contributed by atoms with Crippen molar-refractivity contribution in [3.05, 3.63) is 57.6 Å². The first-order valence-corrected chi connectivity index (χ1v) is 7.84. The molecule has 0 aliphatic rings. The molecule has 3 aromatic rings. The molecule has 0 aliphatic heterocycles. The summed E-state index contributed by atoms with van der Waals surface area (Å²) in [6.45, 7) is 0.206. The molecule has 0 atom stereocenters. The number of thiophene rings is 1. The monoisotopic (exact) mass is 333 g/mol. The molecule has 2 heterocycles. The molecular weight excluding hydrogens is 322 g/mol. The van der Waals surface area contributed by atoms with Gasteiger partial charge in [0, 0.05) is 15.5 Å². The largest absolute Gasteiger partial charge is 0.347 e. The molecule has 1 amide bonds. The summed E-state index contributed by atoms with van der Waals surface area (Å²) in [5, 5.41) is 9.19. The Morgan fingerprint density at radius 1 is 1.32 bits per heavy atom. The highest BCUT2D eigenvalue weighted by atomic mass is 35.5. The molecule has 0 saturated carbocycles. The maximum atomic E-state index is 11.8. The van der Waals surface area contributed by atoms with Gasteiger partial charge in [0.25, 0.3) is 0 Å². The Morgan fingerprint density at radius 3 is 3.00 bits per heavy atom. The summed E-state index contributed by atoms with van der Waals surface area (Å²) in [4.78, 5) is 17.1. The van der Waals surface area contributed by atoms with E-state index in [1.165, 1.54) is 0 Å². The highest BCUT2D eigenvalue weighted by Gasteiger charge is 2.10. The topological polar surface area (TPSA) is 68.0 Å². The zero-order valence-corrected chi connectivity index (χ0v) is 13.0. The Labute approximate surface area is 135 Å². The molecule has 0 radical (unpaired) electrons. The van der Waals surface area contributed by atoms with Crippen LogP contribution in [0, 0.1) is 0 Å². The van der Waals surface area contributed by atoms with Crippen LogP contribution in [0.4, 0.5) is 0 Å². The molecule has 0 fully saturated rings. The fourth-order valence-corrected chi connectivity index (χ4v) is 2.77. The molecule has 5 nitrogen and oxygen atoms in total. The van der Waals surface area contributed by atoms with Gasteiger partial charge in [-0.3, -0.25) is 4.79 Å². The molecule has 22 heavy (non-hydrogen) atoms. The van der Waals surface area contributed by atoms with Crippen molar-refractivity contribution >= 4 is 28.8 Å². The van der Waals surface area contributed by atoms with Crippen molar-refractivity contribution in [2.45, 2.75) is 13.0 Å². The number of benzene rings is 1. The number of rotatable bonds is 5. The molecule has 0 unspecified atom stereocenters. The summed E-state index contributed by atoms with van der Waals surface area (Å²) in [7, 11) is 0. The van der Waals surface area contributed by atoms with Gasteiger partial charge in [-0.15, -0.1) is 11.3 Å². The maximum Gasteiger partial charge on any atom is 0.246 e. The Hall–Kier alpha value is -2.18. The van der Waals surface area contributed by atoms with E-state index < -0.39 is 0 Å². The number of hydrogen-bond acceptors (Lipinski definition) is 5. The predicted molar refractivity (Wildman–Crippen MR) is 84.6 cm³/mol. The van der Waals surface area contributed by atoms with Crippen LogP contribution in [0.25, 0.3) is 11.4 Å². The van der Waals surface area contributed by atoms with Gasteiger partial charge in [-0.1, -0.05) is 35.0 Å². The van der Waals surface area contributed by atoms with Crippen molar-refractivity contribution in [2.75, 3.05) is 0 Å². The Bertz CT molecular complexity index is 771. The van der Waals surface area contributed by atoms with Crippen molar-refractivity contribution in [3.63, 3.8) is 0 Å². The molecule has 7 heteroatoms.